The van der Waals surface area contributed by atoms with Crippen LogP contribution in [0.1, 0.15) is 16.1 Å². The van der Waals surface area contributed by atoms with E-state index in [1.807, 2.05) is 0 Å². The number of methoxy groups -OCH3 is 1. The monoisotopic (exact) mass is 313 g/mol. The Morgan fingerprint density at radius 3 is 2.61 bits per heavy atom. The largest absolute Gasteiger partial charge is 0.465 e. The molecule has 0 spiro atoms. The molecule has 0 saturated heterocycles. The van der Waals surface area contributed by atoms with Crippen molar-refractivity contribution >= 4 is 23.5 Å². The van der Waals surface area contributed by atoms with Crippen molar-refractivity contribution in [2.24, 2.45) is 0 Å². The Morgan fingerprint density at radius 1 is 1.09 bits per heavy atom. The van der Waals surface area contributed by atoms with Crippen LogP contribution in [0.2, 0.25) is 0 Å². The number of nitrogens with zero attached hydrogens (tertiary/aromatic N) is 1. The normalized spacial score (nSPS) is 9.78. The van der Waals surface area contributed by atoms with Crippen molar-refractivity contribution in [1.82, 2.24) is 10.3 Å². The van der Waals surface area contributed by atoms with Gasteiger partial charge >= 0.3 is 17.8 Å². The van der Waals surface area contributed by atoms with Crippen molar-refractivity contribution in [3.8, 4) is 0 Å². The minimum atomic E-state index is -0.831. The van der Waals surface area contributed by atoms with E-state index in [9.17, 15) is 14.4 Å². The smallest absolute Gasteiger partial charge is 0.337 e. The molecule has 0 unspecified atom stereocenters. The van der Waals surface area contributed by atoms with E-state index in [1.165, 1.54) is 13.2 Å². The van der Waals surface area contributed by atoms with Gasteiger partial charge in [0.15, 0.2) is 0 Å². The summed E-state index contributed by atoms with van der Waals surface area (Å²) in [6, 6.07) is 11.4. The standard InChI is InChI=1S/C16H15N3O4/c1-23-16(22)11-5-4-7-12(9-11)19-15(21)14(20)18-10-13-6-2-3-8-17-13/h2-9H,10H2,1H3,(H,18,20)(H,19,21). The molecule has 0 atom stereocenters. The second-order valence-corrected chi connectivity index (χ2v) is 4.53. The number of hydrogen-bond donors (Lipinski definition) is 2. The first-order valence-corrected chi connectivity index (χ1v) is 6.77. The summed E-state index contributed by atoms with van der Waals surface area (Å²) in [7, 11) is 1.26. The molecule has 1 aromatic heterocycles. The van der Waals surface area contributed by atoms with Crippen LogP contribution in [-0.2, 0) is 20.9 Å². The molecular weight excluding hydrogens is 298 g/mol. The Bertz CT molecular complexity index is 716. The van der Waals surface area contributed by atoms with Crippen LogP contribution in [0.15, 0.2) is 48.7 Å². The molecule has 0 aliphatic rings. The molecule has 2 aromatic rings. The fraction of sp³-hybridized carbons (Fsp3) is 0.125. The predicted molar refractivity (Wildman–Crippen MR) is 82.5 cm³/mol. The third-order valence-corrected chi connectivity index (χ3v) is 2.90. The number of esters is 1. The van der Waals surface area contributed by atoms with E-state index in [0.29, 0.717) is 11.4 Å². The first-order valence-electron chi connectivity index (χ1n) is 6.77. The molecule has 0 fully saturated rings. The number of rotatable bonds is 4. The van der Waals surface area contributed by atoms with Crippen molar-refractivity contribution in [1.29, 1.82) is 0 Å². The maximum atomic E-state index is 11.8. The SMILES string of the molecule is COC(=O)c1cccc(NC(=O)C(=O)NCc2ccccn2)c1. The number of carbonyl (C=O) groups is 3. The van der Waals surface area contributed by atoms with Gasteiger partial charge in [-0.1, -0.05) is 12.1 Å². The highest BCUT2D eigenvalue weighted by Crippen LogP contribution is 2.11. The number of pyridine rings is 1. The van der Waals surface area contributed by atoms with Crippen LogP contribution < -0.4 is 10.6 Å². The summed E-state index contributed by atoms with van der Waals surface area (Å²) in [5.41, 5.74) is 1.24. The van der Waals surface area contributed by atoms with E-state index >= 15 is 0 Å². The van der Waals surface area contributed by atoms with Crippen LogP contribution in [0.25, 0.3) is 0 Å². The van der Waals surface area contributed by atoms with Gasteiger partial charge in [0.25, 0.3) is 0 Å². The Balaban J connectivity index is 1.93. The molecule has 118 valence electrons. The van der Waals surface area contributed by atoms with Crippen molar-refractivity contribution in [2.75, 3.05) is 12.4 Å². The number of amides is 2. The maximum absolute atomic E-state index is 11.8. The van der Waals surface area contributed by atoms with Crippen LogP contribution in [0.4, 0.5) is 5.69 Å². The molecule has 1 heterocycles. The van der Waals surface area contributed by atoms with Crippen molar-refractivity contribution < 1.29 is 19.1 Å². The van der Waals surface area contributed by atoms with E-state index in [1.54, 1.807) is 42.6 Å². The number of nitrogens with one attached hydrogen (secondary N) is 2. The summed E-state index contributed by atoms with van der Waals surface area (Å²) >= 11 is 0. The highest BCUT2D eigenvalue weighted by atomic mass is 16.5. The van der Waals surface area contributed by atoms with Crippen molar-refractivity contribution in [2.45, 2.75) is 6.54 Å². The fourth-order valence-electron chi connectivity index (χ4n) is 1.78. The number of hydrogen-bond acceptors (Lipinski definition) is 5. The summed E-state index contributed by atoms with van der Waals surface area (Å²) in [5, 5.41) is 4.88. The Kier molecular flexibility index (Phi) is 5.40. The topological polar surface area (TPSA) is 97.4 Å². The van der Waals surface area contributed by atoms with Gasteiger partial charge in [-0.05, 0) is 30.3 Å². The summed E-state index contributed by atoms with van der Waals surface area (Å²) in [5.74, 6) is -2.15. The Morgan fingerprint density at radius 2 is 1.91 bits per heavy atom. The van der Waals surface area contributed by atoms with Gasteiger partial charge in [-0.2, -0.15) is 0 Å². The lowest BCUT2D eigenvalue weighted by Crippen LogP contribution is -2.35. The van der Waals surface area contributed by atoms with Gasteiger partial charge in [-0.15, -0.1) is 0 Å². The molecule has 0 bridgehead atoms. The number of ether oxygens (including phenoxy) is 1. The lowest BCUT2D eigenvalue weighted by Gasteiger charge is -2.07. The summed E-state index contributed by atoms with van der Waals surface area (Å²) < 4.78 is 4.59. The van der Waals surface area contributed by atoms with Crippen LogP contribution in [-0.4, -0.2) is 29.9 Å². The molecule has 0 aliphatic heterocycles. The molecule has 2 N–H and O–H groups in total. The van der Waals surface area contributed by atoms with Gasteiger partial charge in [-0.3, -0.25) is 14.6 Å². The summed E-state index contributed by atoms with van der Waals surface area (Å²) in [4.78, 5) is 39.0. The zero-order valence-corrected chi connectivity index (χ0v) is 12.4. The average molecular weight is 313 g/mol. The van der Waals surface area contributed by atoms with E-state index in [4.69, 9.17) is 0 Å². The van der Waals surface area contributed by atoms with Crippen LogP contribution >= 0.6 is 0 Å². The van der Waals surface area contributed by atoms with E-state index in [2.05, 4.69) is 20.4 Å². The fourth-order valence-corrected chi connectivity index (χ4v) is 1.78. The first-order chi connectivity index (χ1) is 11.1. The third-order valence-electron chi connectivity index (χ3n) is 2.90. The first kappa shape index (κ1) is 16.2. The molecule has 1 aromatic carbocycles. The van der Waals surface area contributed by atoms with Gasteiger partial charge in [0, 0.05) is 11.9 Å². The van der Waals surface area contributed by atoms with Gasteiger partial charge in [0.1, 0.15) is 0 Å². The third kappa shape index (κ3) is 4.63. The zero-order valence-electron chi connectivity index (χ0n) is 12.4. The molecule has 7 heteroatoms. The molecular formula is C16H15N3O4. The number of anilines is 1. The highest BCUT2D eigenvalue weighted by Gasteiger charge is 2.14. The molecule has 7 nitrogen and oxygen atoms in total. The second-order valence-electron chi connectivity index (χ2n) is 4.53. The van der Waals surface area contributed by atoms with Gasteiger partial charge in [-0.25, -0.2) is 4.79 Å². The molecule has 2 amide bonds. The molecule has 23 heavy (non-hydrogen) atoms. The van der Waals surface area contributed by atoms with Crippen molar-refractivity contribution in [3.05, 3.63) is 59.9 Å². The van der Waals surface area contributed by atoms with Gasteiger partial charge in [0.05, 0.1) is 24.9 Å². The van der Waals surface area contributed by atoms with E-state index in [-0.39, 0.29) is 12.1 Å². The van der Waals surface area contributed by atoms with Crippen LogP contribution in [0.3, 0.4) is 0 Å². The zero-order chi connectivity index (χ0) is 16.7. The van der Waals surface area contributed by atoms with Gasteiger partial charge < -0.3 is 15.4 Å². The lowest BCUT2D eigenvalue weighted by atomic mass is 10.2. The minimum absolute atomic E-state index is 0.148. The van der Waals surface area contributed by atoms with Crippen LogP contribution in [0, 0.1) is 0 Å². The number of benzene rings is 1. The highest BCUT2D eigenvalue weighted by molar-refractivity contribution is 6.39. The lowest BCUT2D eigenvalue weighted by molar-refractivity contribution is -0.136. The summed E-state index contributed by atoms with van der Waals surface area (Å²) in [6.45, 7) is 0.148. The van der Waals surface area contributed by atoms with Crippen LogP contribution in [0.5, 0.6) is 0 Å². The molecule has 2 rings (SSSR count). The molecule has 0 saturated carbocycles. The predicted octanol–water partition coefficient (Wildman–Crippen LogP) is 1.12. The number of carbonyl (C=O) groups excluding carboxylic acids is 3. The van der Waals surface area contributed by atoms with E-state index in [0.717, 1.165) is 0 Å². The van der Waals surface area contributed by atoms with E-state index < -0.39 is 17.8 Å². The quantitative estimate of drug-likeness (QED) is 0.651. The summed E-state index contributed by atoms with van der Waals surface area (Å²) in [6.07, 6.45) is 1.60. The van der Waals surface area contributed by atoms with Crippen molar-refractivity contribution in [3.63, 3.8) is 0 Å². The van der Waals surface area contributed by atoms with Gasteiger partial charge in [0.2, 0.25) is 0 Å². The minimum Gasteiger partial charge on any atom is -0.465 e. The maximum Gasteiger partial charge on any atom is 0.337 e. The average Bonchev–Trinajstić information content (AvgIpc) is 2.60. The molecule has 0 radical (unpaired) electrons. The second kappa shape index (κ2) is 7.69. The molecule has 0 aliphatic carbocycles. The number of aromatic nitrogens is 1. The Labute approximate surface area is 132 Å². The Hall–Kier alpha value is -3.22.